The van der Waals surface area contributed by atoms with E-state index in [1.807, 2.05) is 12.1 Å². The van der Waals surface area contributed by atoms with Crippen LogP contribution >= 0.6 is 0 Å². The third-order valence-electron chi connectivity index (χ3n) is 5.26. The van der Waals surface area contributed by atoms with Crippen LogP contribution < -0.4 is 15.8 Å². The number of aliphatic hydroxyl groups excluding tert-OH is 1. The number of rotatable bonds is 10. The highest BCUT2D eigenvalue weighted by molar-refractivity contribution is 6.09. The van der Waals surface area contributed by atoms with Crippen LogP contribution in [0.1, 0.15) is 39.6 Å². The van der Waals surface area contributed by atoms with Crippen LogP contribution in [0, 0.1) is 11.2 Å². The number of ether oxygens (including phenoxy) is 1. The molecule has 3 aromatic rings. The van der Waals surface area contributed by atoms with Crippen LogP contribution in [0.15, 0.2) is 66.9 Å². The van der Waals surface area contributed by atoms with E-state index in [2.05, 4.69) is 10.3 Å². The summed E-state index contributed by atoms with van der Waals surface area (Å²) in [7, 11) is 1.50. The van der Waals surface area contributed by atoms with Crippen molar-refractivity contribution in [3.8, 4) is 5.75 Å². The first-order chi connectivity index (χ1) is 15.9. The maximum absolute atomic E-state index is 13.2. The Morgan fingerprint density at radius 3 is 2.58 bits per heavy atom. The van der Waals surface area contributed by atoms with E-state index in [-0.39, 0.29) is 30.1 Å². The van der Waals surface area contributed by atoms with Crippen molar-refractivity contribution in [2.45, 2.75) is 24.9 Å². The van der Waals surface area contributed by atoms with Gasteiger partial charge in [0.25, 0.3) is 5.91 Å². The molecule has 1 unspecified atom stereocenters. The summed E-state index contributed by atoms with van der Waals surface area (Å²) in [6, 6.07) is 15.0. The number of methoxy groups -OCH3 is 1. The SMILES string of the molecule is COc1ccc(C(=O)N[C@@H](CO)Cc2ccccn2)c(C(=N)CC(N)c2ccc(F)cc2)c1. The van der Waals surface area contributed by atoms with Gasteiger partial charge in [-0.2, -0.15) is 0 Å². The molecule has 0 fully saturated rings. The summed E-state index contributed by atoms with van der Waals surface area (Å²) in [6.07, 6.45) is 2.15. The lowest BCUT2D eigenvalue weighted by Gasteiger charge is -2.19. The average Bonchev–Trinajstić information content (AvgIpc) is 2.84. The zero-order valence-corrected chi connectivity index (χ0v) is 18.3. The van der Waals surface area contributed by atoms with Crippen molar-refractivity contribution < 1.29 is 19.0 Å². The summed E-state index contributed by atoms with van der Waals surface area (Å²) in [5, 5.41) is 21.2. The smallest absolute Gasteiger partial charge is 0.252 e. The predicted octanol–water partition coefficient (Wildman–Crippen LogP) is 3.02. The number of aliphatic hydroxyl groups is 1. The van der Waals surface area contributed by atoms with Gasteiger partial charge < -0.3 is 26.3 Å². The molecule has 1 aromatic heterocycles. The number of pyridine rings is 1. The van der Waals surface area contributed by atoms with Crippen molar-refractivity contribution in [3.05, 3.63) is 95.1 Å². The molecule has 0 radical (unpaired) electrons. The van der Waals surface area contributed by atoms with Gasteiger partial charge in [0.05, 0.1) is 19.8 Å². The monoisotopic (exact) mass is 450 g/mol. The molecule has 2 aromatic carbocycles. The standard InChI is InChI=1S/C25H27FN4O3/c1-33-20-9-10-21(25(32)30-19(15-31)12-18-4-2-3-11-29-18)22(13-20)24(28)14-23(27)16-5-7-17(26)8-6-16/h2-11,13,19,23,28,31H,12,14-15,27H2,1H3,(H,30,32)/t19-,23?/m1/s1. The number of nitrogens with two attached hydrogens (primary N) is 1. The Morgan fingerprint density at radius 1 is 1.18 bits per heavy atom. The molecule has 3 rings (SSSR count). The van der Waals surface area contributed by atoms with Gasteiger partial charge in [-0.05, 0) is 48.0 Å². The predicted molar refractivity (Wildman–Crippen MR) is 124 cm³/mol. The van der Waals surface area contributed by atoms with Gasteiger partial charge in [-0.1, -0.05) is 18.2 Å². The molecule has 1 heterocycles. The van der Waals surface area contributed by atoms with Crippen LogP contribution in [0.5, 0.6) is 5.75 Å². The number of nitrogens with zero attached hydrogens (tertiary/aromatic N) is 1. The van der Waals surface area contributed by atoms with E-state index in [1.165, 1.54) is 19.2 Å². The second-order valence-corrected chi connectivity index (χ2v) is 7.63. The van der Waals surface area contributed by atoms with Crippen LogP contribution in [0.25, 0.3) is 0 Å². The van der Waals surface area contributed by atoms with Gasteiger partial charge in [-0.15, -0.1) is 0 Å². The molecule has 5 N–H and O–H groups in total. The zero-order valence-electron chi connectivity index (χ0n) is 18.3. The highest BCUT2D eigenvalue weighted by Gasteiger charge is 2.21. The first-order valence-electron chi connectivity index (χ1n) is 10.5. The lowest BCUT2D eigenvalue weighted by Crippen LogP contribution is -2.39. The van der Waals surface area contributed by atoms with E-state index in [1.54, 1.807) is 42.6 Å². The number of amides is 1. The molecule has 0 aliphatic heterocycles. The maximum Gasteiger partial charge on any atom is 0.252 e. The number of nitrogens with one attached hydrogen (secondary N) is 2. The van der Waals surface area contributed by atoms with Crippen molar-refractivity contribution in [2.24, 2.45) is 5.73 Å². The van der Waals surface area contributed by atoms with Crippen molar-refractivity contribution in [1.82, 2.24) is 10.3 Å². The van der Waals surface area contributed by atoms with E-state index < -0.39 is 18.0 Å². The Morgan fingerprint density at radius 2 is 1.94 bits per heavy atom. The van der Waals surface area contributed by atoms with Gasteiger partial charge in [0.15, 0.2) is 0 Å². The van der Waals surface area contributed by atoms with Crippen LogP contribution in [-0.2, 0) is 6.42 Å². The van der Waals surface area contributed by atoms with Gasteiger partial charge in [-0.3, -0.25) is 9.78 Å². The lowest BCUT2D eigenvalue weighted by molar-refractivity contribution is 0.0916. The van der Waals surface area contributed by atoms with Crippen molar-refractivity contribution >= 4 is 11.6 Å². The van der Waals surface area contributed by atoms with Crippen LogP contribution in [0.4, 0.5) is 4.39 Å². The van der Waals surface area contributed by atoms with E-state index in [9.17, 15) is 14.3 Å². The molecule has 8 heteroatoms. The molecular formula is C25H27FN4O3. The van der Waals surface area contributed by atoms with Gasteiger partial charge >= 0.3 is 0 Å². The molecule has 33 heavy (non-hydrogen) atoms. The Labute approximate surface area is 191 Å². The molecule has 2 atom stereocenters. The molecule has 0 spiro atoms. The van der Waals surface area contributed by atoms with E-state index >= 15 is 0 Å². The molecule has 0 bridgehead atoms. The topological polar surface area (TPSA) is 121 Å². The van der Waals surface area contributed by atoms with Gasteiger partial charge in [-0.25, -0.2) is 4.39 Å². The number of hydrogen-bond acceptors (Lipinski definition) is 6. The average molecular weight is 451 g/mol. The second-order valence-electron chi connectivity index (χ2n) is 7.63. The fourth-order valence-electron chi connectivity index (χ4n) is 3.45. The number of benzene rings is 2. The van der Waals surface area contributed by atoms with Crippen LogP contribution in [0.2, 0.25) is 0 Å². The van der Waals surface area contributed by atoms with Crippen molar-refractivity contribution in [2.75, 3.05) is 13.7 Å². The Bertz CT molecular complexity index is 1090. The molecule has 0 aliphatic carbocycles. The summed E-state index contributed by atoms with van der Waals surface area (Å²) in [6.45, 7) is -0.263. The van der Waals surface area contributed by atoms with E-state index in [0.717, 1.165) is 5.69 Å². The van der Waals surface area contributed by atoms with Crippen molar-refractivity contribution in [3.63, 3.8) is 0 Å². The highest BCUT2D eigenvalue weighted by atomic mass is 19.1. The Balaban J connectivity index is 1.79. The normalized spacial score (nSPS) is 12.6. The number of aromatic nitrogens is 1. The molecule has 0 saturated heterocycles. The molecule has 0 saturated carbocycles. The van der Waals surface area contributed by atoms with Gasteiger partial charge in [0, 0.05) is 47.6 Å². The van der Waals surface area contributed by atoms with Crippen molar-refractivity contribution in [1.29, 1.82) is 5.41 Å². The minimum atomic E-state index is -0.547. The number of hydrogen-bond donors (Lipinski definition) is 4. The minimum Gasteiger partial charge on any atom is -0.497 e. The van der Waals surface area contributed by atoms with Crippen LogP contribution in [-0.4, -0.2) is 41.5 Å². The third-order valence-corrected chi connectivity index (χ3v) is 5.26. The Hall–Kier alpha value is -3.62. The first-order valence-corrected chi connectivity index (χ1v) is 10.5. The minimum absolute atomic E-state index is 0.135. The summed E-state index contributed by atoms with van der Waals surface area (Å²) < 4.78 is 18.5. The van der Waals surface area contributed by atoms with Crippen LogP contribution in [0.3, 0.4) is 0 Å². The van der Waals surface area contributed by atoms with E-state index in [4.69, 9.17) is 15.9 Å². The summed E-state index contributed by atoms with van der Waals surface area (Å²) in [5.74, 6) is -0.298. The lowest BCUT2D eigenvalue weighted by atomic mass is 9.94. The summed E-state index contributed by atoms with van der Waals surface area (Å²) >= 11 is 0. The molecular weight excluding hydrogens is 423 g/mol. The number of carbonyl (C=O) groups excluding carboxylic acids is 1. The quantitative estimate of drug-likeness (QED) is 0.354. The largest absolute Gasteiger partial charge is 0.497 e. The fourth-order valence-corrected chi connectivity index (χ4v) is 3.45. The second kappa shape index (κ2) is 11.3. The maximum atomic E-state index is 13.2. The summed E-state index contributed by atoms with van der Waals surface area (Å²) in [5.41, 5.74) is 8.44. The first kappa shape index (κ1) is 24.0. The highest BCUT2D eigenvalue weighted by Crippen LogP contribution is 2.23. The Kier molecular flexibility index (Phi) is 8.23. The molecule has 0 aliphatic rings. The zero-order chi connectivity index (χ0) is 23.8. The fraction of sp³-hybridized carbons (Fsp3) is 0.240. The number of carbonyl (C=O) groups is 1. The molecule has 172 valence electrons. The summed E-state index contributed by atoms with van der Waals surface area (Å²) in [4.78, 5) is 17.3. The molecule has 7 nitrogen and oxygen atoms in total. The number of halogens is 1. The molecule has 1 amide bonds. The van der Waals surface area contributed by atoms with Gasteiger partial charge in [0.2, 0.25) is 0 Å². The van der Waals surface area contributed by atoms with Gasteiger partial charge in [0.1, 0.15) is 11.6 Å². The third kappa shape index (κ3) is 6.44. The van der Waals surface area contributed by atoms with E-state index in [0.29, 0.717) is 23.3 Å².